The summed E-state index contributed by atoms with van der Waals surface area (Å²) in [5, 5.41) is 0. The van der Waals surface area contributed by atoms with Crippen molar-refractivity contribution in [1.82, 2.24) is 0 Å². The lowest BCUT2D eigenvalue weighted by Crippen LogP contribution is -2.38. The van der Waals surface area contributed by atoms with Gasteiger partial charge in [0.15, 0.2) is 11.5 Å². The fourth-order valence-electron chi connectivity index (χ4n) is 4.35. The number of ether oxygens (including phenoxy) is 2. The Morgan fingerprint density at radius 2 is 1.55 bits per heavy atom. The lowest BCUT2D eigenvalue weighted by molar-refractivity contribution is -0.124. The number of amides is 2. The van der Waals surface area contributed by atoms with Crippen LogP contribution in [0.1, 0.15) is 12.8 Å². The number of imide groups is 1. The number of rotatable bonds is 1. The highest BCUT2D eigenvalue weighted by Crippen LogP contribution is 2.51. The molecular weight excluding hydrogens is 282 g/mol. The Morgan fingerprint density at radius 1 is 0.909 bits per heavy atom. The number of nitrogens with zero attached hydrogens (tertiary/aromatic N) is 1. The van der Waals surface area contributed by atoms with Gasteiger partial charge in [0, 0.05) is 6.07 Å². The van der Waals surface area contributed by atoms with Crippen LogP contribution >= 0.6 is 0 Å². The van der Waals surface area contributed by atoms with Gasteiger partial charge in [-0.05, 0) is 36.8 Å². The fourth-order valence-corrected chi connectivity index (χ4v) is 4.35. The molecule has 6 rings (SSSR count). The summed E-state index contributed by atoms with van der Waals surface area (Å²) >= 11 is 0. The van der Waals surface area contributed by atoms with Gasteiger partial charge >= 0.3 is 0 Å². The molecule has 0 spiro atoms. The van der Waals surface area contributed by atoms with Crippen LogP contribution in [0.15, 0.2) is 30.4 Å². The molecule has 1 aromatic rings. The second-order valence-corrected chi connectivity index (χ2v) is 6.39. The fraction of sp³-hybridized carbons (Fsp3) is 0.412. The number of anilines is 1. The van der Waals surface area contributed by atoms with Crippen molar-refractivity contribution in [2.24, 2.45) is 23.7 Å². The van der Waals surface area contributed by atoms with Crippen molar-refractivity contribution < 1.29 is 19.1 Å². The predicted molar refractivity (Wildman–Crippen MR) is 77.4 cm³/mol. The first kappa shape index (κ1) is 12.3. The summed E-state index contributed by atoms with van der Waals surface area (Å²) in [7, 11) is 0. The van der Waals surface area contributed by atoms with Crippen molar-refractivity contribution in [1.29, 1.82) is 0 Å². The van der Waals surface area contributed by atoms with Crippen molar-refractivity contribution >= 4 is 17.5 Å². The Morgan fingerprint density at radius 3 is 2.18 bits per heavy atom. The predicted octanol–water partition coefficient (Wildman–Crippen LogP) is 2.12. The van der Waals surface area contributed by atoms with E-state index < -0.39 is 0 Å². The summed E-state index contributed by atoms with van der Waals surface area (Å²) in [5.41, 5.74) is 0.591. The second-order valence-electron chi connectivity index (χ2n) is 6.39. The third kappa shape index (κ3) is 1.43. The summed E-state index contributed by atoms with van der Waals surface area (Å²) in [5.74, 6) is 1.19. The van der Waals surface area contributed by atoms with E-state index in [2.05, 4.69) is 12.2 Å². The van der Waals surface area contributed by atoms with Gasteiger partial charge in [0.25, 0.3) is 0 Å². The molecule has 5 nitrogen and oxygen atoms in total. The molecule has 0 unspecified atom stereocenters. The third-order valence-corrected chi connectivity index (χ3v) is 5.37. The number of fused-ring (bicyclic) bond motifs is 2. The Bertz CT molecular complexity index is 693. The van der Waals surface area contributed by atoms with Crippen LogP contribution in [0.25, 0.3) is 0 Å². The molecule has 5 aliphatic rings. The first-order valence-electron chi connectivity index (χ1n) is 7.70. The van der Waals surface area contributed by atoms with Crippen LogP contribution in [-0.2, 0) is 9.59 Å². The molecule has 0 radical (unpaired) electrons. The average molecular weight is 297 g/mol. The molecule has 2 amide bonds. The normalized spacial score (nSPS) is 34.5. The van der Waals surface area contributed by atoms with Crippen molar-refractivity contribution in [3.8, 4) is 11.5 Å². The first-order chi connectivity index (χ1) is 10.7. The number of carbonyl (C=O) groups excluding carboxylic acids is 2. The zero-order chi connectivity index (χ0) is 14.8. The minimum absolute atomic E-state index is 0.0621. The summed E-state index contributed by atoms with van der Waals surface area (Å²) in [4.78, 5) is 27.0. The van der Waals surface area contributed by atoms with Gasteiger partial charge < -0.3 is 9.47 Å². The average Bonchev–Trinajstić information content (AvgIpc) is 3.12. The van der Waals surface area contributed by atoms with E-state index >= 15 is 0 Å². The number of allylic oxidation sites excluding steroid dienone is 2. The van der Waals surface area contributed by atoms with E-state index in [9.17, 15) is 9.59 Å². The zero-order valence-electron chi connectivity index (χ0n) is 11.9. The van der Waals surface area contributed by atoms with Crippen molar-refractivity contribution in [3.05, 3.63) is 30.4 Å². The first-order valence-corrected chi connectivity index (χ1v) is 7.70. The van der Waals surface area contributed by atoms with Crippen LogP contribution in [0.2, 0.25) is 0 Å². The van der Waals surface area contributed by atoms with Crippen LogP contribution in [0.3, 0.4) is 0 Å². The maximum Gasteiger partial charge on any atom is 0.238 e. The van der Waals surface area contributed by atoms with E-state index in [4.69, 9.17) is 9.47 Å². The smallest absolute Gasteiger partial charge is 0.238 e. The molecule has 2 heterocycles. The molecule has 2 aliphatic heterocycles. The molecule has 5 heteroatoms. The maximum absolute atomic E-state index is 12.8. The minimum Gasteiger partial charge on any atom is -0.454 e. The number of hydrogen-bond acceptors (Lipinski definition) is 4. The van der Waals surface area contributed by atoms with Crippen LogP contribution in [0, 0.1) is 23.7 Å². The van der Waals surface area contributed by atoms with E-state index in [1.165, 1.54) is 4.90 Å². The molecule has 112 valence electrons. The van der Waals surface area contributed by atoms with Crippen LogP contribution < -0.4 is 14.4 Å². The van der Waals surface area contributed by atoms with E-state index in [-0.39, 0.29) is 42.3 Å². The summed E-state index contributed by atoms with van der Waals surface area (Å²) in [6, 6.07) is 5.24. The number of benzene rings is 1. The van der Waals surface area contributed by atoms with Gasteiger partial charge in [0.05, 0.1) is 17.5 Å². The Labute approximate surface area is 127 Å². The van der Waals surface area contributed by atoms with E-state index in [0.29, 0.717) is 17.2 Å². The molecular formula is C17H15NO4. The minimum atomic E-state index is -0.179. The summed E-state index contributed by atoms with van der Waals surface area (Å²) < 4.78 is 10.6. The van der Waals surface area contributed by atoms with Gasteiger partial charge in [-0.3, -0.25) is 9.59 Å². The molecule has 1 saturated carbocycles. The SMILES string of the molecule is O=C1[C@@H]2[C@H](C(=O)N1c1ccc3c(c1)OCO3)[C@H]1C=C[C@H]2CC1. The molecule has 0 N–H and O–H groups in total. The highest BCUT2D eigenvalue weighted by molar-refractivity contribution is 6.22. The van der Waals surface area contributed by atoms with Crippen molar-refractivity contribution in [2.75, 3.05) is 11.7 Å². The largest absolute Gasteiger partial charge is 0.454 e. The quantitative estimate of drug-likeness (QED) is 0.588. The Kier molecular flexibility index (Phi) is 2.30. The highest BCUT2D eigenvalue weighted by atomic mass is 16.7. The molecule has 4 atom stereocenters. The topological polar surface area (TPSA) is 55.8 Å². The van der Waals surface area contributed by atoms with Crippen molar-refractivity contribution in [2.45, 2.75) is 12.8 Å². The van der Waals surface area contributed by atoms with Crippen LogP contribution in [0.4, 0.5) is 5.69 Å². The molecule has 3 aliphatic carbocycles. The summed E-state index contributed by atoms with van der Waals surface area (Å²) in [6.45, 7) is 0.181. The lowest BCUT2D eigenvalue weighted by Gasteiger charge is -2.38. The van der Waals surface area contributed by atoms with Gasteiger partial charge in [-0.2, -0.15) is 0 Å². The number of hydrogen-bond donors (Lipinski definition) is 0. The van der Waals surface area contributed by atoms with Gasteiger partial charge in [-0.1, -0.05) is 12.2 Å². The zero-order valence-corrected chi connectivity index (χ0v) is 11.9. The maximum atomic E-state index is 12.8. The van der Waals surface area contributed by atoms with Crippen molar-refractivity contribution in [3.63, 3.8) is 0 Å². The van der Waals surface area contributed by atoms with E-state index in [0.717, 1.165) is 12.8 Å². The van der Waals surface area contributed by atoms with Crippen LogP contribution in [-0.4, -0.2) is 18.6 Å². The van der Waals surface area contributed by atoms with Gasteiger partial charge in [0.1, 0.15) is 0 Å². The van der Waals surface area contributed by atoms with E-state index in [1.54, 1.807) is 18.2 Å². The molecule has 1 saturated heterocycles. The lowest BCUT2D eigenvalue weighted by atomic mass is 9.63. The Hall–Kier alpha value is -2.30. The molecule has 1 aromatic carbocycles. The Balaban J connectivity index is 1.56. The number of carbonyl (C=O) groups is 2. The molecule has 2 bridgehead atoms. The molecule has 0 aromatic heterocycles. The van der Waals surface area contributed by atoms with Gasteiger partial charge in [-0.15, -0.1) is 0 Å². The van der Waals surface area contributed by atoms with Gasteiger partial charge in [0.2, 0.25) is 18.6 Å². The molecule has 2 fully saturated rings. The third-order valence-electron chi connectivity index (χ3n) is 5.37. The standard InChI is InChI=1S/C17H15NO4/c19-16-14-9-1-2-10(4-3-9)15(14)17(20)18(16)11-5-6-12-13(7-11)22-8-21-12/h1-2,5-7,9-10,14-15H,3-4,8H2/t9-,10-,14-,15+/m0/s1. The monoisotopic (exact) mass is 297 g/mol. The summed E-state index contributed by atoms with van der Waals surface area (Å²) in [6.07, 6.45) is 6.28. The van der Waals surface area contributed by atoms with Gasteiger partial charge in [-0.25, -0.2) is 4.90 Å². The van der Waals surface area contributed by atoms with Crippen LogP contribution in [0.5, 0.6) is 11.5 Å². The van der Waals surface area contributed by atoms with E-state index in [1.807, 2.05) is 0 Å². The second kappa shape index (κ2) is 4.12. The highest BCUT2D eigenvalue weighted by Gasteiger charge is 2.56. The molecule has 22 heavy (non-hydrogen) atoms.